The molecule has 150 valence electrons. The summed E-state index contributed by atoms with van der Waals surface area (Å²) < 4.78 is 12.0. The van der Waals surface area contributed by atoms with E-state index in [-0.39, 0.29) is 23.0 Å². The van der Waals surface area contributed by atoms with Crippen LogP contribution in [-0.2, 0) is 4.79 Å². The summed E-state index contributed by atoms with van der Waals surface area (Å²) in [5, 5.41) is 14.4. The first-order chi connectivity index (χ1) is 14.0. The minimum Gasteiger partial charge on any atom is -0.497 e. The van der Waals surface area contributed by atoms with E-state index in [1.54, 1.807) is 25.6 Å². The largest absolute Gasteiger partial charge is 0.497 e. The molecule has 3 rings (SSSR count). The number of hydrogen-bond donors (Lipinski definition) is 1. The van der Waals surface area contributed by atoms with Gasteiger partial charge >= 0.3 is 0 Å². The molecule has 10 heteroatoms. The highest BCUT2D eigenvalue weighted by atomic mass is 32.2. The van der Waals surface area contributed by atoms with E-state index in [2.05, 4.69) is 10.3 Å². The molecule has 29 heavy (non-hydrogen) atoms. The van der Waals surface area contributed by atoms with E-state index in [0.717, 1.165) is 11.4 Å². The zero-order chi connectivity index (χ0) is 20.8. The average molecular weight is 414 g/mol. The molecule has 0 bridgehead atoms. The molecule has 0 aliphatic heterocycles. The van der Waals surface area contributed by atoms with Gasteiger partial charge in [0, 0.05) is 18.1 Å². The lowest BCUT2D eigenvalue weighted by Crippen LogP contribution is -2.15. The van der Waals surface area contributed by atoms with Crippen LogP contribution in [0.25, 0.3) is 5.69 Å². The normalized spacial score (nSPS) is 10.4. The van der Waals surface area contributed by atoms with Crippen LogP contribution in [0.2, 0.25) is 0 Å². The van der Waals surface area contributed by atoms with Gasteiger partial charge in [0.15, 0.2) is 5.16 Å². The van der Waals surface area contributed by atoms with Gasteiger partial charge in [-0.15, -0.1) is 0 Å². The van der Waals surface area contributed by atoms with Crippen molar-refractivity contribution in [3.8, 4) is 17.2 Å². The van der Waals surface area contributed by atoms with Gasteiger partial charge in [0.1, 0.15) is 17.2 Å². The molecule has 0 aliphatic carbocycles. The number of carbonyl (C=O) groups excluding carboxylic acids is 1. The second-order valence-electron chi connectivity index (χ2n) is 5.75. The Balaban J connectivity index is 1.68. The maximum Gasteiger partial charge on any atom is 0.296 e. The van der Waals surface area contributed by atoms with E-state index >= 15 is 0 Å². The van der Waals surface area contributed by atoms with E-state index in [4.69, 9.17) is 9.47 Å². The summed E-state index contributed by atoms with van der Waals surface area (Å²) in [6.45, 7) is 0. The molecule has 1 amide bonds. The number of thioether (sulfide) groups is 1. The highest BCUT2D eigenvalue weighted by Crippen LogP contribution is 2.29. The molecule has 1 N–H and O–H groups in total. The molecule has 0 saturated heterocycles. The minimum absolute atomic E-state index is 0.0380. The van der Waals surface area contributed by atoms with Gasteiger partial charge in [0.25, 0.3) is 5.69 Å². The van der Waals surface area contributed by atoms with Gasteiger partial charge in [-0.25, -0.2) is 4.98 Å². The number of nitrogens with one attached hydrogen (secondary N) is 1. The molecule has 0 saturated carbocycles. The van der Waals surface area contributed by atoms with Gasteiger partial charge in [0.05, 0.1) is 31.0 Å². The average Bonchev–Trinajstić information content (AvgIpc) is 3.21. The van der Waals surface area contributed by atoms with Crippen LogP contribution >= 0.6 is 11.8 Å². The van der Waals surface area contributed by atoms with Crippen LogP contribution in [0.5, 0.6) is 11.5 Å². The van der Waals surface area contributed by atoms with E-state index in [9.17, 15) is 14.9 Å². The van der Waals surface area contributed by atoms with Gasteiger partial charge in [-0.3, -0.25) is 19.5 Å². The Bertz CT molecular complexity index is 1020. The van der Waals surface area contributed by atoms with Crippen LogP contribution in [0.15, 0.2) is 60.0 Å². The van der Waals surface area contributed by atoms with Gasteiger partial charge in [0.2, 0.25) is 5.91 Å². The van der Waals surface area contributed by atoms with Crippen LogP contribution in [0.3, 0.4) is 0 Å². The first-order valence-corrected chi connectivity index (χ1v) is 9.43. The second-order valence-corrected chi connectivity index (χ2v) is 6.70. The van der Waals surface area contributed by atoms with Crippen molar-refractivity contribution in [1.82, 2.24) is 9.55 Å². The summed E-state index contributed by atoms with van der Waals surface area (Å²) >= 11 is 1.22. The first kappa shape index (κ1) is 20.2. The lowest BCUT2D eigenvalue weighted by Gasteiger charge is -2.09. The summed E-state index contributed by atoms with van der Waals surface area (Å²) in [4.78, 5) is 27.3. The number of rotatable bonds is 8. The third-order valence-corrected chi connectivity index (χ3v) is 4.93. The molecule has 0 spiro atoms. The standard InChI is InChI=1S/C19H18N4O5S/c1-27-14-5-3-13(4-6-14)22-10-9-20-19(22)29-12-18(24)21-16-8-7-15(28-2)11-17(16)23(25)26/h3-11H,12H2,1-2H3,(H,21,24). The maximum absolute atomic E-state index is 12.3. The van der Waals surface area contributed by atoms with Crippen molar-refractivity contribution in [2.24, 2.45) is 0 Å². The topological polar surface area (TPSA) is 109 Å². The van der Waals surface area contributed by atoms with Crippen molar-refractivity contribution in [3.05, 3.63) is 65.0 Å². The maximum atomic E-state index is 12.3. The lowest BCUT2D eigenvalue weighted by atomic mass is 10.2. The van der Waals surface area contributed by atoms with Crippen LogP contribution in [0.1, 0.15) is 0 Å². The number of carbonyl (C=O) groups is 1. The first-order valence-electron chi connectivity index (χ1n) is 8.44. The number of aromatic nitrogens is 2. The molecule has 0 aliphatic rings. The highest BCUT2D eigenvalue weighted by Gasteiger charge is 2.18. The Kier molecular flexibility index (Phi) is 6.35. The smallest absolute Gasteiger partial charge is 0.296 e. The second kappa shape index (κ2) is 9.11. The minimum atomic E-state index is -0.568. The Morgan fingerprint density at radius 3 is 2.52 bits per heavy atom. The Labute approximate surface area is 170 Å². The van der Waals surface area contributed by atoms with Crippen LogP contribution in [-0.4, -0.2) is 40.4 Å². The molecule has 0 radical (unpaired) electrons. The quantitative estimate of drug-likeness (QED) is 0.341. The fraction of sp³-hybridized carbons (Fsp3) is 0.158. The van der Waals surface area contributed by atoms with Gasteiger partial charge < -0.3 is 14.8 Å². The van der Waals surface area contributed by atoms with E-state index in [0.29, 0.717) is 10.9 Å². The Morgan fingerprint density at radius 2 is 1.86 bits per heavy atom. The Morgan fingerprint density at radius 1 is 1.17 bits per heavy atom. The monoisotopic (exact) mass is 414 g/mol. The molecule has 1 heterocycles. The fourth-order valence-corrected chi connectivity index (χ4v) is 3.32. The number of imidazole rings is 1. The van der Waals surface area contributed by atoms with E-state index in [1.807, 2.05) is 28.8 Å². The molecule has 2 aromatic carbocycles. The number of ether oxygens (including phenoxy) is 2. The van der Waals surface area contributed by atoms with Crippen LogP contribution in [0.4, 0.5) is 11.4 Å². The van der Waals surface area contributed by atoms with Crippen LogP contribution in [0, 0.1) is 10.1 Å². The third-order valence-electron chi connectivity index (χ3n) is 3.97. The molecule has 3 aromatic rings. The number of hydrogen-bond acceptors (Lipinski definition) is 7. The van der Waals surface area contributed by atoms with Crippen molar-refractivity contribution in [1.29, 1.82) is 0 Å². The lowest BCUT2D eigenvalue weighted by molar-refractivity contribution is -0.384. The molecular weight excluding hydrogens is 396 g/mol. The summed E-state index contributed by atoms with van der Waals surface area (Å²) in [5.74, 6) is 0.734. The van der Waals surface area contributed by atoms with Gasteiger partial charge in [-0.1, -0.05) is 11.8 Å². The third kappa shape index (κ3) is 4.85. The predicted molar refractivity (Wildman–Crippen MR) is 109 cm³/mol. The number of anilines is 1. The summed E-state index contributed by atoms with van der Waals surface area (Å²) in [6.07, 6.45) is 3.43. The molecule has 0 fully saturated rings. The number of benzene rings is 2. The number of nitrogens with zero attached hydrogens (tertiary/aromatic N) is 3. The molecule has 0 atom stereocenters. The number of amides is 1. The SMILES string of the molecule is COc1ccc(-n2ccnc2SCC(=O)Nc2ccc(OC)cc2[N+](=O)[O-])cc1. The molecular formula is C19H18N4O5S. The predicted octanol–water partition coefficient (Wildman–Crippen LogP) is 3.53. The van der Waals surface area contributed by atoms with Crippen molar-refractivity contribution in [2.75, 3.05) is 25.3 Å². The zero-order valence-corrected chi connectivity index (χ0v) is 16.5. The summed E-state index contributed by atoms with van der Waals surface area (Å²) in [5.41, 5.74) is 0.749. The van der Waals surface area contributed by atoms with E-state index < -0.39 is 4.92 Å². The van der Waals surface area contributed by atoms with Gasteiger partial charge in [-0.05, 0) is 36.4 Å². The van der Waals surface area contributed by atoms with Crippen LogP contribution < -0.4 is 14.8 Å². The number of nitro benzene ring substituents is 1. The van der Waals surface area contributed by atoms with Crippen molar-refractivity contribution < 1.29 is 19.2 Å². The van der Waals surface area contributed by atoms with Gasteiger partial charge in [-0.2, -0.15) is 0 Å². The Hall–Kier alpha value is -3.53. The summed E-state index contributed by atoms with van der Waals surface area (Å²) in [6, 6.07) is 11.7. The fourth-order valence-electron chi connectivity index (χ4n) is 2.55. The van der Waals surface area contributed by atoms with E-state index in [1.165, 1.54) is 31.0 Å². The number of nitro groups is 1. The highest BCUT2D eigenvalue weighted by molar-refractivity contribution is 7.99. The zero-order valence-electron chi connectivity index (χ0n) is 15.7. The van der Waals surface area contributed by atoms with Crippen molar-refractivity contribution in [2.45, 2.75) is 5.16 Å². The molecule has 9 nitrogen and oxygen atoms in total. The molecule has 0 unspecified atom stereocenters. The van der Waals surface area contributed by atoms with Crippen molar-refractivity contribution >= 4 is 29.0 Å². The molecule has 1 aromatic heterocycles. The number of methoxy groups -OCH3 is 2. The van der Waals surface area contributed by atoms with Crippen molar-refractivity contribution in [3.63, 3.8) is 0 Å². The summed E-state index contributed by atoms with van der Waals surface area (Å²) in [7, 11) is 3.01.